The average molecular weight is 817 g/mol. The van der Waals surface area contributed by atoms with Crippen molar-refractivity contribution < 1.29 is 0 Å². The zero-order chi connectivity index (χ0) is 42.7. The topological polar surface area (TPSA) is 6.48 Å². The van der Waals surface area contributed by atoms with Gasteiger partial charge in [0.15, 0.2) is 0 Å². The molecule has 0 aliphatic carbocycles. The third kappa shape index (κ3) is 7.38. The Hall–Kier alpha value is -8.46. The molecule has 11 aromatic rings. The van der Waals surface area contributed by atoms with Crippen LogP contribution in [0.15, 0.2) is 267 Å². The van der Waals surface area contributed by atoms with Crippen molar-refractivity contribution in [2.75, 3.05) is 9.80 Å². The van der Waals surface area contributed by atoms with Gasteiger partial charge in [0.2, 0.25) is 0 Å². The molecule has 2 nitrogen and oxygen atoms in total. The number of nitrogens with zero attached hydrogens (tertiary/aromatic N) is 2. The summed E-state index contributed by atoms with van der Waals surface area (Å²) in [5, 5.41) is 4.73. The Bertz CT molecular complexity index is 3280. The van der Waals surface area contributed by atoms with Crippen LogP contribution in [-0.2, 0) is 0 Å². The van der Waals surface area contributed by atoms with Gasteiger partial charge < -0.3 is 9.80 Å². The van der Waals surface area contributed by atoms with Crippen LogP contribution in [0.4, 0.5) is 34.1 Å². The van der Waals surface area contributed by atoms with Gasteiger partial charge in [0.05, 0.1) is 5.69 Å². The number of rotatable bonds is 10. The molecule has 0 radical (unpaired) electrons. The van der Waals surface area contributed by atoms with Crippen molar-refractivity contribution >= 4 is 55.7 Å². The molecule has 11 aromatic carbocycles. The van der Waals surface area contributed by atoms with Gasteiger partial charge in [-0.15, -0.1) is 0 Å². The minimum absolute atomic E-state index is 1.07. The summed E-state index contributed by atoms with van der Waals surface area (Å²) >= 11 is 0. The standard InChI is InChI=1S/C62H44N2/c1-7-19-45(20-8-1)48-31-33-49(34-32-48)61-57-41-35-51(47-23-11-3-12-24-47)44-60(57)62(58-42-36-50(43-59(58)61)46-21-9-2-10-22-46)64(54-29-17-6-18-30-54)56-39-37-55(38-40-56)63(52-25-13-4-14-26-52)53-27-15-5-16-28-53/h1-44H. The minimum Gasteiger partial charge on any atom is -0.311 e. The molecular formula is C62H44N2. The SMILES string of the molecule is c1ccc(-c2ccc(-c3c4cc(-c5ccccc5)ccc4c(N(c4ccccc4)c4ccc(N(c5ccccc5)c5ccccc5)cc4)c4cc(-c5ccccc5)ccc34)cc2)cc1. The number of anilines is 6. The molecule has 0 atom stereocenters. The molecule has 0 N–H and O–H groups in total. The second-order valence-electron chi connectivity index (χ2n) is 16.1. The lowest BCUT2D eigenvalue weighted by Crippen LogP contribution is -2.13. The normalized spacial score (nSPS) is 11.1. The second-order valence-corrected chi connectivity index (χ2v) is 16.1. The van der Waals surface area contributed by atoms with Crippen molar-refractivity contribution in [1.82, 2.24) is 0 Å². The molecule has 0 saturated heterocycles. The van der Waals surface area contributed by atoms with Crippen LogP contribution in [0, 0.1) is 0 Å². The van der Waals surface area contributed by atoms with Crippen molar-refractivity contribution in [1.29, 1.82) is 0 Å². The van der Waals surface area contributed by atoms with Gasteiger partial charge in [-0.3, -0.25) is 0 Å². The number of para-hydroxylation sites is 3. The van der Waals surface area contributed by atoms with Crippen LogP contribution in [0.1, 0.15) is 0 Å². The Balaban J connectivity index is 1.19. The highest BCUT2D eigenvalue weighted by atomic mass is 15.2. The van der Waals surface area contributed by atoms with Gasteiger partial charge in [-0.2, -0.15) is 0 Å². The molecule has 0 unspecified atom stereocenters. The monoisotopic (exact) mass is 816 g/mol. The maximum absolute atomic E-state index is 2.46. The van der Waals surface area contributed by atoms with Crippen molar-refractivity contribution in [3.8, 4) is 44.5 Å². The second kappa shape index (κ2) is 17.1. The molecular weight excluding hydrogens is 773 g/mol. The van der Waals surface area contributed by atoms with E-state index >= 15 is 0 Å². The van der Waals surface area contributed by atoms with Crippen molar-refractivity contribution in [2.45, 2.75) is 0 Å². The quantitative estimate of drug-likeness (QED) is 0.127. The fourth-order valence-electron chi connectivity index (χ4n) is 9.17. The molecule has 0 aliphatic heterocycles. The van der Waals surface area contributed by atoms with Crippen LogP contribution in [0.2, 0.25) is 0 Å². The van der Waals surface area contributed by atoms with Gasteiger partial charge in [-0.05, 0) is 128 Å². The van der Waals surface area contributed by atoms with Gasteiger partial charge in [0.25, 0.3) is 0 Å². The van der Waals surface area contributed by atoms with E-state index in [9.17, 15) is 0 Å². The molecule has 0 amide bonds. The summed E-state index contributed by atoms with van der Waals surface area (Å²) in [6.45, 7) is 0. The summed E-state index contributed by atoms with van der Waals surface area (Å²) in [5.41, 5.74) is 16.1. The number of benzene rings is 11. The Labute approximate surface area is 375 Å². The third-order valence-electron chi connectivity index (χ3n) is 12.2. The highest BCUT2D eigenvalue weighted by molar-refractivity contribution is 6.23. The van der Waals surface area contributed by atoms with Crippen LogP contribution in [0.5, 0.6) is 0 Å². The van der Waals surface area contributed by atoms with E-state index in [1.807, 2.05) is 0 Å². The molecule has 0 spiro atoms. The summed E-state index contributed by atoms with van der Waals surface area (Å²) in [6.07, 6.45) is 0. The van der Waals surface area contributed by atoms with Crippen LogP contribution >= 0.6 is 0 Å². The van der Waals surface area contributed by atoms with E-state index in [1.165, 1.54) is 66.1 Å². The predicted octanol–water partition coefficient (Wildman–Crippen LogP) is 17.6. The number of fused-ring (bicyclic) bond motifs is 2. The molecule has 64 heavy (non-hydrogen) atoms. The lowest BCUT2D eigenvalue weighted by molar-refractivity contribution is 1.26. The Morgan fingerprint density at radius 3 is 0.969 bits per heavy atom. The van der Waals surface area contributed by atoms with E-state index in [4.69, 9.17) is 0 Å². The van der Waals surface area contributed by atoms with Crippen LogP contribution in [0.25, 0.3) is 66.1 Å². The third-order valence-corrected chi connectivity index (χ3v) is 12.2. The smallest absolute Gasteiger partial charge is 0.0619 e. The first kappa shape index (κ1) is 38.5. The minimum atomic E-state index is 1.07. The number of hydrogen-bond acceptors (Lipinski definition) is 2. The predicted molar refractivity (Wildman–Crippen MR) is 273 cm³/mol. The first-order valence-corrected chi connectivity index (χ1v) is 21.9. The average Bonchev–Trinajstić information content (AvgIpc) is 3.38. The van der Waals surface area contributed by atoms with Crippen molar-refractivity contribution in [3.05, 3.63) is 267 Å². The molecule has 2 heteroatoms. The zero-order valence-corrected chi connectivity index (χ0v) is 35.3. The lowest BCUT2D eigenvalue weighted by Gasteiger charge is -2.31. The maximum Gasteiger partial charge on any atom is 0.0619 e. The highest BCUT2D eigenvalue weighted by Crippen LogP contribution is 2.50. The Kier molecular flexibility index (Phi) is 10.3. The lowest BCUT2D eigenvalue weighted by atomic mass is 9.86. The van der Waals surface area contributed by atoms with E-state index in [2.05, 4.69) is 277 Å². The van der Waals surface area contributed by atoms with E-state index in [1.54, 1.807) is 0 Å². The summed E-state index contributed by atoms with van der Waals surface area (Å²) < 4.78 is 0. The van der Waals surface area contributed by atoms with Crippen molar-refractivity contribution in [2.24, 2.45) is 0 Å². The van der Waals surface area contributed by atoms with E-state index in [0.29, 0.717) is 0 Å². The highest BCUT2D eigenvalue weighted by Gasteiger charge is 2.24. The van der Waals surface area contributed by atoms with Crippen LogP contribution < -0.4 is 9.80 Å². The molecule has 0 aliphatic rings. The molecule has 0 heterocycles. The zero-order valence-electron chi connectivity index (χ0n) is 35.3. The largest absolute Gasteiger partial charge is 0.311 e. The summed E-state index contributed by atoms with van der Waals surface area (Å²) in [5.74, 6) is 0. The molecule has 11 rings (SSSR count). The Morgan fingerprint density at radius 1 is 0.188 bits per heavy atom. The molecule has 0 fully saturated rings. The van der Waals surface area contributed by atoms with Gasteiger partial charge in [-0.25, -0.2) is 0 Å². The molecule has 302 valence electrons. The van der Waals surface area contributed by atoms with Crippen LogP contribution in [-0.4, -0.2) is 0 Å². The molecule has 0 aromatic heterocycles. The van der Waals surface area contributed by atoms with Gasteiger partial charge in [-0.1, -0.05) is 194 Å². The summed E-state index contributed by atoms with van der Waals surface area (Å²) in [7, 11) is 0. The molecule has 0 saturated carbocycles. The van der Waals surface area contributed by atoms with E-state index < -0.39 is 0 Å². The first-order valence-electron chi connectivity index (χ1n) is 21.9. The maximum atomic E-state index is 2.46. The van der Waals surface area contributed by atoms with Gasteiger partial charge in [0, 0.05) is 39.2 Å². The van der Waals surface area contributed by atoms with Gasteiger partial charge >= 0.3 is 0 Å². The van der Waals surface area contributed by atoms with Crippen molar-refractivity contribution in [3.63, 3.8) is 0 Å². The molecule has 0 bridgehead atoms. The summed E-state index contributed by atoms with van der Waals surface area (Å²) in [4.78, 5) is 4.78. The van der Waals surface area contributed by atoms with Crippen LogP contribution in [0.3, 0.4) is 0 Å². The fourth-order valence-corrected chi connectivity index (χ4v) is 9.17. The Morgan fingerprint density at radius 2 is 0.500 bits per heavy atom. The summed E-state index contributed by atoms with van der Waals surface area (Å²) in [6, 6.07) is 96.4. The fraction of sp³-hybridized carbons (Fsp3) is 0. The number of hydrogen-bond donors (Lipinski definition) is 0. The first-order chi connectivity index (χ1) is 31.8. The van der Waals surface area contributed by atoms with E-state index in [-0.39, 0.29) is 0 Å². The van der Waals surface area contributed by atoms with E-state index in [0.717, 1.165) is 34.1 Å². The van der Waals surface area contributed by atoms with Gasteiger partial charge in [0.1, 0.15) is 0 Å².